The molecule has 0 saturated carbocycles. The number of nitrogens with two attached hydrogens (primary N) is 1. The molecule has 19 heavy (non-hydrogen) atoms. The van der Waals surface area contributed by atoms with E-state index in [2.05, 4.69) is 15.9 Å². The number of non-ortho nitro benzene ring substituents is 1. The number of hydrogen-bond donors (Lipinski definition) is 1. The average Bonchev–Trinajstić information content (AvgIpc) is 2.39. The van der Waals surface area contributed by atoms with Crippen LogP contribution in [0.15, 0.2) is 46.9 Å². The van der Waals surface area contributed by atoms with Crippen LogP contribution in [0, 0.1) is 10.1 Å². The fraction of sp³-hybridized carbons (Fsp3) is 0.0769. The van der Waals surface area contributed by atoms with Crippen LogP contribution in [0.2, 0.25) is 0 Å². The zero-order valence-electron chi connectivity index (χ0n) is 9.88. The molecule has 2 aromatic rings. The Labute approximate surface area is 118 Å². The van der Waals surface area contributed by atoms with Gasteiger partial charge in [-0.3, -0.25) is 10.1 Å². The number of halogens is 1. The minimum Gasteiger partial charge on any atom is -0.488 e. The molecule has 2 rings (SSSR count). The summed E-state index contributed by atoms with van der Waals surface area (Å²) in [5, 5.41) is 10.7. The van der Waals surface area contributed by atoms with Gasteiger partial charge in [-0.05, 0) is 34.1 Å². The van der Waals surface area contributed by atoms with Crippen LogP contribution in [0.5, 0.6) is 5.75 Å². The summed E-state index contributed by atoms with van der Waals surface area (Å²) in [6.07, 6.45) is 0. The van der Waals surface area contributed by atoms with Gasteiger partial charge < -0.3 is 10.5 Å². The van der Waals surface area contributed by atoms with E-state index in [4.69, 9.17) is 10.5 Å². The van der Waals surface area contributed by atoms with Crippen LogP contribution >= 0.6 is 15.9 Å². The third-order valence-corrected chi connectivity index (χ3v) is 3.21. The number of nitro groups is 1. The maximum Gasteiger partial charge on any atom is 0.269 e. The van der Waals surface area contributed by atoms with Gasteiger partial charge in [-0.1, -0.05) is 12.1 Å². The van der Waals surface area contributed by atoms with Crippen LogP contribution in [-0.2, 0) is 6.61 Å². The van der Waals surface area contributed by atoms with E-state index in [9.17, 15) is 10.1 Å². The van der Waals surface area contributed by atoms with Gasteiger partial charge in [0.15, 0.2) is 0 Å². The molecule has 2 N–H and O–H groups in total. The molecule has 0 fully saturated rings. The molecule has 0 unspecified atom stereocenters. The molecule has 0 saturated heterocycles. The second-order valence-corrected chi connectivity index (χ2v) is 4.71. The van der Waals surface area contributed by atoms with Gasteiger partial charge in [0, 0.05) is 23.4 Å². The second kappa shape index (κ2) is 5.71. The second-order valence-electron chi connectivity index (χ2n) is 3.86. The first kappa shape index (κ1) is 13.4. The Morgan fingerprint density at radius 2 is 2.00 bits per heavy atom. The minimum atomic E-state index is -0.457. The van der Waals surface area contributed by atoms with E-state index in [1.165, 1.54) is 18.2 Å². The molecule has 2 aromatic carbocycles. The van der Waals surface area contributed by atoms with Gasteiger partial charge >= 0.3 is 0 Å². The van der Waals surface area contributed by atoms with Crippen molar-refractivity contribution in [1.29, 1.82) is 0 Å². The minimum absolute atomic E-state index is 0.0000673. The van der Waals surface area contributed by atoms with Crippen LogP contribution in [0.4, 0.5) is 11.4 Å². The average molecular weight is 323 g/mol. The molecule has 0 radical (unpaired) electrons. The van der Waals surface area contributed by atoms with Crippen LogP contribution in [-0.4, -0.2) is 4.92 Å². The number of nitrogens with zero attached hydrogens (tertiary/aromatic N) is 1. The molecule has 0 aliphatic heterocycles. The van der Waals surface area contributed by atoms with Crippen molar-refractivity contribution in [3.8, 4) is 5.75 Å². The van der Waals surface area contributed by atoms with Crippen molar-refractivity contribution in [2.45, 2.75) is 6.61 Å². The van der Waals surface area contributed by atoms with Crippen LogP contribution in [0.3, 0.4) is 0 Å². The third-order valence-electron chi connectivity index (χ3n) is 2.56. The van der Waals surface area contributed by atoms with E-state index in [0.29, 0.717) is 17.0 Å². The zero-order valence-corrected chi connectivity index (χ0v) is 11.5. The van der Waals surface area contributed by atoms with Crippen molar-refractivity contribution in [3.05, 3.63) is 62.6 Å². The highest BCUT2D eigenvalue weighted by molar-refractivity contribution is 9.10. The van der Waals surface area contributed by atoms with Gasteiger partial charge in [-0.25, -0.2) is 0 Å². The molecular formula is C13H11BrN2O3. The lowest BCUT2D eigenvalue weighted by atomic mass is 10.1. The van der Waals surface area contributed by atoms with Gasteiger partial charge in [-0.2, -0.15) is 0 Å². The highest BCUT2D eigenvalue weighted by Gasteiger charge is 2.10. The van der Waals surface area contributed by atoms with Crippen LogP contribution in [0.1, 0.15) is 5.56 Å². The van der Waals surface area contributed by atoms with Crippen molar-refractivity contribution in [3.63, 3.8) is 0 Å². The summed E-state index contributed by atoms with van der Waals surface area (Å²) < 4.78 is 6.41. The fourth-order valence-electron chi connectivity index (χ4n) is 1.55. The first-order valence-corrected chi connectivity index (χ1v) is 6.27. The molecule has 0 bridgehead atoms. The first-order chi connectivity index (χ1) is 9.08. The van der Waals surface area contributed by atoms with Crippen LogP contribution < -0.4 is 10.5 Å². The van der Waals surface area contributed by atoms with Gasteiger partial charge in [0.2, 0.25) is 0 Å². The number of nitro benzene ring substituents is 1. The smallest absolute Gasteiger partial charge is 0.269 e. The molecule has 0 spiro atoms. The molecule has 0 aliphatic rings. The number of rotatable bonds is 4. The molecule has 0 aromatic heterocycles. The summed E-state index contributed by atoms with van der Waals surface area (Å²) in [4.78, 5) is 10.3. The number of nitrogen functional groups attached to an aromatic ring is 1. The Kier molecular flexibility index (Phi) is 4.01. The molecule has 0 amide bonds. The van der Waals surface area contributed by atoms with Gasteiger partial charge in [0.1, 0.15) is 12.4 Å². The highest BCUT2D eigenvalue weighted by Crippen LogP contribution is 2.26. The van der Waals surface area contributed by atoms with Crippen molar-refractivity contribution >= 4 is 27.3 Å². The number of hydrogen-bond acceptors (Lipinski definition) is 4. The molecule has 5 nitrogen and oxygen atoms in total. The van der Waals surface area contributed by atoms with Crippen molar-refractivity contribution < 1.29 is 9.66 Å². The van der Waals surface area contributed by atoms with E-state index in [1.807, 2.05) is 18.2 Å². The highest BCUT2D eigenvalue weighted by atomic mass is 79.9. The lowest BCUT2D eigenvalue weighted by molar-refractivity contribution is -0.384. The monoisotopic (exact) mass is 322 g/mol. The topological polar surface area (TPSA) is 78.4 Å². The number of anilines is 1. The lowest BCUT2D eigenvalue weighted by Gasteiger charge is -2.09. The lowest BCUT2D eigenvalue weighted by Crippen LogP contribution is -2.01. The number of para-hydroxylation sites is 1. The van der Waals surface area contributed by atoms with E-state index in [-0.39, 0.29) is 12.3 Å². The number of benzene rings is 2. The van der Waals surface area contributed by atoms with Gasteiger partial charge in [-0.15, -0.1) is 0 Å². The molecule has 0 heterocycles. The van der Waals surface area contributed by atoms with E-state index < -0.39 is 4.92 Å². The summed E-state index contributed by atoms with van der Waals surface area (Å²) in [7, 11) is 0. The Morgan fingerprint density at radius 1 is 1.26 bits per heavy atom. The number of ether oxygens (including phenoxy) is 1. The normalized spacial score (nSPS) is 10.2. The molecule has 98 valence electrons. The Bertz CT molecular complexity index is 617. The summed E-state index contributed by atoms with van der Waals surface area (Å²) in [5.41, 5.74) is 6.84. The van der Waals surface area contributed by atoms with Crippen molar-refractivity contribution in [2.24, 2.45) is 0 Å². The Hall–Kier alpha value is -2.08. The predicted molar refractivity (Wildman–Crippen MR) is 76.0 cm³/mol. The van der Waals surface area contributed by atoms with Crippen LogP contribution in [0.25, 0.3) is 0 Å². The molecule has 6 heteroatoms. The summed E-state index contributed by atoms with van der Waals surface area (Å²) in [5.74, 6) is 0.661. The molecular weight excluding hydrogens is 312 g/mol. The Morgan fingerprint density at radius 3 is 2.68 bits per heavy atom. The third kappa shape index (κ3) is 3.23. The van der Waals surface area contributed by atoms with Gasteiger partial charge in [0.05, 0.1) is 9.40 Å². The standard InChI is InChI=1S/C13H11BrN2O3/c14-11-3-1-2-4-13(11)19-8-9-7-10(16(17)18)5-6-12(9)15/h1-7H,8,15H2. The largest absolute Gasteiger partial charge is 0.488 e. The maximum absolute atomic E-state index is 10.7. The summed E-state index contributed by atoms with van der Waals surface area (Å²) >= 11 is 3.36. The quantitative estimate of drug-likeness (QED) is 0.530. The summed E-state index contributed by atoms with van der Waals surface area (Å²) in [6, 6.07) is 11.7. The van der Waals surface area contributed by atoms with Gasteiger partial charge in [0.25, 0.3) is 5.69 Å². The predicted octanol–water partition coefficient (Wildman–Crippen LogP) is 3.52. The van der Waals surface area contributed by atoms with Crippen molar-refractivity contribution in [1.82, 2.24) is 0 Å². The fourth-order valence-corrected chi connectivity index (χ4v) is 1.95. The maximum atomic E-state index is 10.7. The van der Waals surface area contributed by atoms with E-state index >= 15 is 0 Å². The first-order valence-electron chi connectivity index (χ1n) is 5.48. The Balaban J connectivity index is 2.17. The SMILES string of the molecule is Nc1ccc([N+](=O)[O-])cc1COc1ccccc1Br. The molecule has 0 atom stereocenters. The van der Waals surface area contributed by atoms with E-state index in [1.54, 1.807) is 6.07 Å². The summed E-state index contributed by atoms with van der Waals surface area (Å²) in [6.45, 7) is 0.177. The van der Waals surface area contributed by atoms with E-state index in [0.717, 1.165) is 4.47 Å². The molecule has 0 aliphatic carbocycles. The zero-order chi connectivity index (χ0) is 13.8. The van der Waals surface area contributed by atoms with Crippen molar-refractivity contribution in [2.75, 3.05) is 5.73 Å².